The topological polar surface area (TPSA) is 119 Å². The van der Waals surface area contributed by atoms with Crippen molar-refractivity contribution in [3.63, 3.8) is 0 Å². The molecule has 4 aromatic rings. The van der Waals surface area contributed by atoms with Crippen molar-refractivity contribution in [2.24, 2.45) is 0 Å². The van der Waals surface area contributed by atoms with Gasteiger partial charge in [0.2, 0.25) is 0 Å². The minimum Gasteiger partial charge on any atom is -0.496 e. The lowest BCUT2D eigenvalue weighted by molar-refractivity contribution is -0.384. The summed E-state index contributed by atoms with van der Waals surface area (Å²) in [6.07, 6.45) is 1.47. The van der Waals surface area contributed by atoms with Crippen LogP contribution in [-0.2, 0) is 0 Å². The molecule has 0 amide bonds. The molecule has 0 aliphatic carbocycles. The van der Waals surface area contributed by atoms with Gasteiger partial charge in [-0.3, -0.25) is 10.1 Å². The van der Waals surface area contributed by atoms with Gasteiger partial charge in [-0.05, 0) is 36.4 Å². The largest absolute Gasteiger partial charge is 0.496 e. The summed E-state index contributed by atoms with van der Waals surface area (Å²) >= 11 is 4.56. The lowest BCUT2D eigenvalue weighted by Crippen LogP contribution is -2.03. The van der Waals surface area contributed by atoms with Gasteiger partial charge in [0.1, 0.15) is 22.4 Å². The second kappa shape index (κ2) is 8.74. The first-order valence-corrected chi connectivity index (χ1v) is 10.7. The van der Waals surface area contributed by atoms with Crippen LogP contribution >= 0.6 is 27.3 Å². The molecule has 4 rings (SSSR count). The molecule has 0 bridgehead atoms. The number of fused-ring (bicyclic) bond motifs is 1. The molecule has 158 valence electrons. The van der Waals surface area contributed by atoms with Crippen LogP contribution in [0.25, 0.3) is 33.9 Å². The number of rotatable bonds is 5. The molecular weight excluding hydrogens is 498 g/mol. The monoisotopic (exact) mass is 509 g/mol. The minimum atomic E-state index is -0.542. The van der Waals surface area contributed by atoms with Crippen LogP contribution in [0.2, 0.25) is 0 Å². The Bertz CT molecular complexity index is 1500. The zero-order valence-electron chi connectivity index (χ0n) is 16.4. The molecule has 0 N–H and O–H groups in total. The Morgan fingerprint density at radius 3 is 2.84 bits per heavy atom. The molecular formula is C22H12BrN3O5S. The Kier molecular flexibility index (Phi) is 5.85. The van der Waals surface area contributed by atoms with Crippen molar-refractivity contribution in [3.05, 3.63) is 83.4 Å². The first-order chi connectivity index (χ1) is 15.4. The predicted molar refractivity (Wildman–Crippen MR) is 124 cm³/mol. The summed E-state index contributed by atoms with van der Waals surface area (Å²) in [6, 6.07) is 13.1. The summed E-state index contributed by atoms with van der Waals surface area (Å²) < 4.78 is 11.5. The molecule has 8 nitrogen and oxygen atoms in total. The van der Waals surface area contributed by atoms with Crippen molar-refractivity contribution >= 4 is 55.6 Å². The third-order valence-corrected chi connectivity index (χ3v) is 5.92. The molecule has 2 heterocycles. The highest BCUT2D eigenvalue weighted by Crippen LogP contribution is 2.31. The van der Waals surface area contributed by atoms with E-state index in [0.717, 1.165) is 9.86 Å². The van der Waals surface area contributed by atoms with Gasteiger partial charge in [0.05, 0.1) is 28.9 Å². The van der Waals surface area contributed by atoms with E-state index in [1.165, 1.54) is 42.7 Å². The van der Waals surface area contributed by atoms with Gasteiger partial charge >= 0.3 is 5.63 Å². The number of ether oxygens (including phenoxy) is 1. The Morgan fingerprint density at radius 2 is 2.12 bits per heavy atom. The van der Waals surface area contributed by atoms with E-state index < -0.39 is 10.5 Å². The number of hydrogen-bond donors (Lipinski definition) is 0. The Balaban J connectivity index is 1.78. The lowest BCUT2D eigenvalue weighted by atomic mass is 10.1. The molecule has 0 aliphatic rings. The van der Waals surface area contributed by atoms with Gasteiger partial charge in [0.15, 0.2) is 0 Å². The first kappa shape index (κ1) is 21.4. The second-order valence-electron chi connectivity index (χ2n) is 6.52. The lowest BCUT2D eigenvalue weighted by Gasteiger charge is -2.05. The molecule has 10 heteroatoms. The van der Waals surface area contributed by atoms with E-state index in [9.17, 15) is 20.2 Å². The van der Waals surface area contributed by atoms with E-state index in [4.69, 9.17) is 9.15 Å². The quantitative estimate of drug-likeness (QED) is 0.147. The van der Waals surface area contributed by atoms with Crippen LogP contribution in [0.1, 0.15) is 10.6 Å². The summed E-state index contributed by atoms with van der Waals surface area (Å²) in [5, 5.41) is 23.5. The molecule has 32 heavy (non-hydrogen) atoms. The molecule has 0 unspecified atom stereocenters. The maximum Gasteiger partial charge on any atom is 0.345 e. The Labute approximate surface area is 193 Å². The molecule has 2 aromatic heterocycles. The summed E-state index contributed by atoms with van der Waals surface area (Å²) in [5.74, 6) is 0.376. The molecule has 0 spiro atoms. The molecule has 0 fully saturated rings. The fraction of sp³-hybridized carbons (Fsp3) is 0.0455. The van der Waals surface area contributed by atoms with Gasteiger partial charge in [-0.1, -0.05) is 15.9 Å². The number of nitro benzene ring substituents is 1. The van der Waals surface area contributed by atoms with E-state index in [2.05, 4.69) is 27.0 Å². The highest BCUT2D eigenvalue weighted by molar-refractivity contribution is 9.10. The smallest absolute Gasteiger partial charge is 0.345 e. The van der Waals surface area contributed by atoms with Gasteiger partial charge in [0.25, 0.3) is 5.69 Å². The third kappa shape index (κ3) is 4.16. The number of non-ortho nitro benzene ring substituents is 1. The van der Waals surface area contributed by atoms with Crippen molar-refractivity contribution in [2.45, 2.75) is 0 Å². The molecule has 0 saturated heterocycles. The zero-order chi connectivity index (χ0) is 22.8. The number of thiazole rings is 1. The molecule has 0 atom stereocenters. The average Bonchev–Trinajstić information content (AvgIpc) is 3.26. The minimum absolute atomic E-state index is 0.130. The van der Waals surface area contributed by atoms with Crippen LogP contribution < -0.4 is 10.4 Å². The van der Waals surface area contributed by atoms with Gasteiger partial charge in [0, 0.05) is 32.9 Å². The van der Waals surface area contributed by atoms with E-state index in [1.807, 2.05) is 6.07 Å². The van der Waals surface area contributed by atoms with E-state index in [-0.39, 0.29) is 16.8 Å². The molecule has 0 aliphatic heterocycles. The zero-order valence-corrected chi connectivity index (χ0v) is 18.8. The Morgan fingerprint density at radius 1 is 1.31 bits per heavy atom. The normalized spacial score (nSPS) is 11.3. The fourth-order valence-corrected chi connectivity index (χ4v) is 4.20. The van der Waals surface area contributed by atoms with E-state index >= 15 is 0 Å². The highest BCUT2D eigenvalue weighted by Gasteiger charge is 2.16. The number of aromatic nitrogens is 1. The number of allylic oxidation sites excluding steroid dienone is 1. The summed E-state index contributed by atoms with van der Waals surface area (Å²) in [7, 11) is 1.43. The SMILES string of the molecule is COc1ccc([N+](=O)[O-])cc1C=C(C#N)c1nc(-c2cc3cc(Br)ccc3oc2=O)cs1. The highest BCUT2D eigenvalue weighted by atomic mass is 79.9. The van der Waals surface area contributed by atoms with Crippen LogP contribution in [0.3, 0.4) is 0 Å². The van der Waals surface area contributed by atoms with E-state index in [1.54, 1.807) is 23.6 Å². The first-order valence-electron chi connectivity index (χ1n) is 9.03. The maximum absolute atomic E-state index is 12.5. The van der Waals surface area contributed by atoms with Gasteiger partial charge in [-0.15, -0.1) is 11.3 Å². The maximum atomic E-state index is 12.5. The van der Waals surface area contributed by atoms with Crippen molar-refractivity contribution in [2.75, 3.05) is 7.11 Å². The number of benzene rings is 2. The number of hydrogen-bond acceptors (Lipinski definition) is 8. The van der Waals surface area contributed by atoms with Crippen molar-refractivity contribution < 1.29 is 14.1 Å². The van der Waals surface area contributed by atoms with Gasteiger partial charge < -0.3 is 9.15 Å². The van der Waals surface area contributed by atoms with Crippen LogP contribution in [0.4, 0.5) is 5.69 Å². The van der Waals surface area contributed by atoms with Crippen molar-refractivity contribution in [3.8, 4) is 23.1 Å². The average molecular weight is 510 g/mol. The van der Waals surface area contributed by atoms with Gasteiger partial charge in [-0.25, -0.2) is 9.78 Å². The number of halogens is 1. The molecule has 0 radical (unpaired) electrons. The number of methoxy groups -OCH3 is 1. The van der Waals surface area contributed by atoms with Crippen molar-refractivity contribution in [1.29, 1.82) is 5.26 Å². The second-order valence-corrected chi connectivity index (χ2v) is 8.29. The standard InChI is InChI=1S/C22H12BrN3O5S/c1-30-19-5-3-16(26(28)29)8-12(19)6-14(10-24)21-25-18(11-32-21)17-9-13-7-15(23)2-4-20(13)31-22(17)27/h2-9,11H,1H3. The summed E-state index contributed by atoms with van der Waals surface area (Å²) in [6.45, 7) is 0. The van der Waals surface area contributed by atoms with Gasteiger partial charge in [-0.2, -0.15) is 5.26 Å². The number of nitro groups is 1. The number of nitriles is 1. The van der Waals surface area contributed by atoms with Crippen LogP contribution in [0, 0.1) is 21.4 Å². The van der Waals surface area contributed by atoms with Crippen LogP contribution in [0.5, 0.6) is 5.75 Å². The molecule has 2 aromatic carbocycles. The third-order valence-electron chi connectivity index (χ3n) is 4.55. The van der Waals surface area contributed by atoms with E-state index in [0.29, 0.717) is 27.6 Å². The molecule has 0 saturated carbocycles. The summed E-state index contributed by atoms with van der Waals surface area (Å²) in [5.41, 5.74) is 0.954. The number of nitrogens with zero attached hydrogens (tertiary/aromatic N) is 3. The van der Waals surface area contributed by atoms with Crippen LogP contribution in [-0.4, -0.2) is 17.0 Å². The van der Waals surface area contributed by atoms with Crippen LogP contribution in [0.15, 0.2) is 61.5 Å². The predicted octanol–water partition coefficient (Wildman–Crippen LogP) is 5.66. The van der Waals surface area contributed by atoms with Crippen molar-refractivity contribution in [1.82, 2.24) is 4.98 Å². The fourth-order valence-electron chi connectivity index (χ4n) is 3.04. The Hall–Kier alpha value is -3.81. The summed E-state index contributed by atoms with van der Waals surface area (Å²) in [4.78, 5) is 27.5.